The number of hydrogen-bond donors (Lipinski definition) is 2. The fourth-order valence-electron chi connectivity index (χ4n) is 1.32. The van der Waals surface area contributed by atoms with Crippen LogP contribution in [0.4, 0.5) is 0 Å². The molecule has 0 spiro atoms. The molecule has 5 heteroatoms. The molecule has 0 bridgehead atoms. The molecule has 1 aromatic heterocycles. The monoisotopic (exact) mass is 241 g/mol. The van der Waals surface area contributed by atoms with E-state index in [-0.39, 0.29) is 5.91 Å². The molecule has 0 saturated heterocycles. The fourth-order valence-corrected chi connectivity index (χ4v) is 2.06. The number of nitrogens with one attached hydrogen (secondary N) is 1. The minimum absolute atomic E-state index is 0.0463. The standard InChI is InChI=1S/C11H19N3OS/c1-2-11-14-9(8-16-11)7-10(15)13-6-4-3-5-12/h8H,2-7,12H2,1H3,(H,13,15). The molecule has 0 saturated carbocycles. The van der Waals surface area contributed by atoms with Gasteiger partial charge in [-0.05, 0) is 25.8 Å². The first-order valence-electron chi connectivity index (χ1n) is 5.66. The first kappa shape index (κ1) is 13.1. The maximum absolute atomic E-state index is 11.5. The van der Waals surface area contributed by atoms with Crippen LogP contribution in [0.5, 0.6) is 0 Å². The predicted octanol–water partition coefficient (Wildman–Crippen LogP) is 1.10. The van der Waals surface area contributed by atoms with E-state index in [9.17, 15) is 4.79 Å². The molecule has 1 aromatic rings. The summed E-state index contributed by atoms with van der Waals surface area (Å²) in [5.41, 5.74) is 6.24. The van der Waals surface area contributed by atoms with E-state index in [1.165, 1.54) is 0 Å². The van der Waals surface area contributed by atoms with E-state index < -0.39 is 0 Å². The Kier molecular flexibility index (Phi) is 6.03. The highest BCUT2D eigenvalue weighted by Gasteiger charge is 2.06. The van der Waals surface area contributed by atoms with Gasteiger partial charge in [0, 0.05) is 11.9 Å². The van der Waals surface area contributed by atoms with Gasteiger partial charge in [0.05, 0.1) is 17.1 Å². The molecular weight excluding hydrogens is 222 g/mol. The predicted molar refractivity (Wildman–Crippen MR) is 66.5 cm³/mol. The number of nitrogens with two attached hydrogens (primary N) is 1. The lowest BCUT2D eigenvalue weighted by molar-refractivity contribution is -0.120. The molecule has 0 unspecified atom stereocenters. The number of carbonyl (C=O) groups is 1. The van der Waals surface area contributed by atoms with Gasteiger partial charge in [-0.2, -0.15) is 0 Å². The van der Waals surface area contributed by atoms with Crippen molar-refractivity contribution in [2.24, 2.45) is 5.73 Å². The molecule has 0 aliphatic heterocycles. The highest BCUT2D eigenvalue weighted by molar-refractivity contribution is 7.09. The Morgan fingerprint density at radius 1 is 1.56 bits per heavy atom. The van der Waals surface area contributed by atoms with E-state index in [0.717, 1.165) is 30.0 Å². The second-order valence-electron chi connectivity index (χ2n) is 3.61. The summed E-state index contributed by atoms with van der Waals surface area (Å²) in [5, 5.41) is 5.91. The molecule has 0 radical (unpaired) electrons. The van der Waals surface area contributed by atoms with Crippen LogP contribution in [0.3, 0.4) is 0 Å². The van der Waals surface area contributed by atoms with Crippen LogP contribution in [-0.2, 0) is 17.6 Å². The fraction of sp³-hybridized carbons (Fsp3) is 0.636. The number of carbonyl (C=O) groups excluding carboxylic acids is 1. The van der Waals surface area contributed by atoms with Crippen molar-refractivity contribution < 1.29 is 4.79 Å². The third-order valence-corrected chi connectivity index (χ3v) is 3.24. The second kappa shape index (κ2) is 7.35. The van der Waals surface area contributed by atoms with Crippen molar-refractivity contribution in [2.45, 2.75) is 32.6 Å². The van der Waals surface area contributed by atoms with E-state index in [0.29, 0.717) is 19.5 Å². The first-order chi connectivity index (χ1) is 7.76. The number of aryl methyl sites for hydroxylation is 1. The topological polar surface area (TPSA) is 68.0 Å². The quantitative estimate of drug-likeness (QED) is 0.702. The number of rotatable bonds is 7. The number of thiazole rings is 1. The molecule has 4 nitrogen and oxygen atoms in total. The molecule has 0 atom stereocenters. The lowest BCUT2D eigenvalue weighted by Gasteiger charge is -2.02. The van der Waals surface area contributed by atoms with Gasteiger partial charge in [-0.25, -0.2) is 4.98 Å². The maximum Gasteiger partial charge on any atom is 0.226 e. The third kappa shape index (κ3) is 4.72. The van der Waals surface area contributed by atoms with Gasteiger partial charge in [0.2, 0.25) is 5.91 Å². The third-order valence-electron chi connectivity index (χ3n) is 2.20. The van der Waals surface area contributed by atoms with Gasteiger partial charge in [-0.1, -0.05) is 6.92 Å². The Morgan fingerprint density at radius 2 is 2.38 bits per heavy atom. The van der Waals surface area contributed by atoms with E-state index in [1.54, 1.807) is 11.3 Å². The number of nitrogens with zero attached hydrogens (tertiary/aromatic N) is 1. The molecule has 3 N–H and O–H groups in total. The van der Waals surface area contributed by atoms with E-state index in [1.807, 2.05) is 5.38 Å². The summed E-state index contributed by atoms with van der Waals surface area (Å²) in [7, 11) is 0. The van der Waals surface area contributed by atoms with E-state index in [4.69, 9.17) is 5.73 Å². The summed E-state index contributed by atoms with van der Waals surface area (Å²) in [5.74, 6) is 0.0463. The molecule has 0 aliphatic rings. The largest absolute Gasteiger partial charge is 0.356 e. The molecule has 90 valence electrons. The van der Waals surface area contributed by atoms with Crippen LogP contribution < -0.4 is 11.1 Å². The number of hydrogen-bond acceptors (Lipinski definition) is 4. The zero-order chi connectivity index (χ0) is 11.8. The van der Waals surface area contributed by atoms with Gasteiger partial charge in [-0.15, -0.1) is 11.3 Å². The van der Waals surface area contributed by atoms with Crippen LogP contribution in [0.25, 0.3) is 0 Å². The SMILES string of the molecule is CCc1nc(CC(=O)NCCCCN)cs1. The van der Waals surface area contributed by atoms with E-state index >= 15 is 0 Å². The number of amides is 1. The first-order valence-corrected chi connectivity index (χ1v) is 6.54. The van der Waals surface area contributed by atoms with Gasteiger partial charge >= 0.3 is 0 Å². The van der Waals surface area contributed by atoms with Crippen LogP contribution in [0.2, 0.25) is 0 Å². The summed E-state index contributed by atoms with van der Waals surface area (Å²) >= 11 is 1.62. The Balaban J connectivity index is 2.23. The van der Waals surface area contributed by atoms with Crippen molar-refractivity contribution in [1.82, 2.24) is 10.3 Å². The van der Waals surface area contributed by atoms with Crippen molar-refractivity contribution in [1.29, 1.82) is 0 Å². The molecule has 1 rings (SSSR count). The molecule has 16 heavy (non-hydrogen) atoms. The van der Waals surface area contributed by atoms with Crippen LogP contribution in [0.1, 0.15) is 30.5 Å². The van der Waals surface area contributed by atoms with Crippen molar-refractivity contribution in [2.75, 3.05) is 13.1 Å². The smallest absolute Gasteiger partial charge is 0.226 e. The van der Waals surface area contributed by atoms with Crippen molar-refractivity contribution >= 4 is 17.2 Å². The van der Waals surface area contributed by atoms with Crippen LogP contribution in [-0.4, -0.2) is 24.0 Å². The van der Waals surface area contributed by atoms with Gasteiger partial charge in [0.25, 0.3) is 0 Å². The zero-order valence-corrected chi connectivity index (χ0v) is 10.5. The van der Waals surface area contributed by atoms with Gasteiger partial charge in [0.1, 0.15) is 0 Å². The van der Waals surface area contributed by atoms with E-state index in [2.05, 4.69) is 17.2 Å². The molecule has 0 aromatic carbocycles. The van der Waals surface area contributed by atoms with Gasteiger partial charge < -0.3 is 11.1 Å². The molecule has 0 fully saturated rings. The number of aromatic nitrogens is 1. The van der Waals surface area contributed by atoms with Crippen molar-refractivity contribution in [3.63, 3.8) is 0 Å². The lowest BCUT2D eigenvalue weighted by Crippen LogP contribution is -2.26. The van der Waals surface area contributed by atoms with Crippen LogP contribution in [0.15, 0.2) is 5.38 Å². The van der Waals surface area contributed by atoms with Gasteiger partial charge in [-0.3, -0.25) is 4.79 Å². The van der Waals surface area contributed by atoms with Crippen LogP contribution in [0, 0.1) is 0 Å². The molecule has 1 amide bonds. The average Bonchev–Trinajstić information content (AvgIpc) is 2.72. The van der Waals surface area contributed by atoms with Crippen molar-refractivity contribution in [3.8, 4) is 0 Å². The highest BCUT2D eigenvalue weighted by Crippen LogP contribution is 2.10. The minimum Gasteiger partial charge on any atom is -0.356 e. The minimum atomic E-state index is 0.0463. The summed E-state index contributed by atoms with van der Waals surface area (Å²) in [6, 6.07) is 0. The zero-order valence-electron chi connectivity index (χ0n) is 9.66. The summed E-state index contributed by atoms with van der Waals surface area (Å²) in [6.07, 6.45) is 3.22. The molecule has 1 heterocycles. The summed E-state index contributed by atoms with van der Waals surface area (Å²) in [4.78, 5) is 15.8. The Labute approximate surface area is 100 Å². The molecule has 0 aliphatic carbocycles. The summed E-state index contributed by atoms with van der Waals surface area (Å²) < 4.78 is 0. The molecular formula is C11H19N3OS. The highest BCUT2D eigenvalue weighted by atomic mass is 32.1. The average molecular weight is 241 g/mol. The van der Waals surface area contributed by atoms with Crippen molar-refractivity contribution in [3.05, 3.63) is 16.1 Å². The number of unbranched alkanes of at least 4 members (excludes halogenated alkanes) is 1. The summed E-state index contributed by atoms with van der Waals surface area (Å²) in [6.45, 7) is 3.46. The lowest BCUT2D eigenvalue weighted by atomic mass is 10.3. The normalized spacial score (nSPS) is 10.4. The maximum atomic E-state index is 11.5. The Hall–Kier alpha value is -0.940. The Bertz CT molecular complexity index is 325. The Morgan fingerprint density at radius 3 is 3.00 bits per heavy atom. The second-order valence-corrected chi connectivity index (χ2v) is 4.55. The van der Waals surface area contributed by atoms with Crippen LogP contribution >= 0.6 is 11.3 Å². The van der Waals surface area contributed by atoms with Gasteiger partial charge in [0.15, 0.2) is 0 Å².